The Kier molecular flexibility index (Phi) is 4.14. The first-order chi connectivity index (χ1) is 4.66. The molecule has 0 rings (SSSR count). The summed E-state index contributed by atoms with van der Waals surface area (Å²) < 4.78 is 19.5. The maximum atomic E-state index is 10.1. The largest absolute Gasteiger partial charge is 0.345 e. The third-order valence-corrected chi connectivity index (χ3v) is 1.04. The van der Waals surface area contributed by atoms with Gasteiger partial charge in [-0.05, 0) is 0 Å². The molecule has 0 aliphatic heterocycles. The van der Waals surface area contributed by atoms with Gasteiger partial charge < -0.3 is 5.32 Å². The molecule has 0 aromatic carbocycles. The van der Waals surface area contributed by atoms with Gasteiger partial charge in [0, 0.05) is 0 Å². The zero-order valence-electron chi connectivity index (χ0n) is 4.90. The van der Waals surface area contributed by atoms with Crippen LogP contribution in [0.5, 0.6) is 0 Å². The zero-order chi connectivity index (χ0) is 7.98. The van der Waals surface area contributed by atoms with E-state index in [0.29, 0.717) is 0 Å². The van der Waals surface area contributed by atoms with Crippen molar-refractivity contribution in [3.8, 4) is 0 Å². The molecule has 10 heavy (non-hydrogen) atoms. The fourth-order valence-corrected chi connectivity index (χ4v) is 0.471. The molecule has 0 spiro atoms. The van der Waals surface area contributed by atoms with Gasteiger partial charge in [-0.2, -0.15) is 8.42 Å². The standard InChI is InChI=1S/C4H5NO4S/c6-3-4(7)5-1-2-10(8)9/h2-3H,1H2,(H,5,7). The van der Waals surface area contributed by atoms with E-state index < -0.39 is 16.2 Å². The fraction of sp³-hybridized carbons (Fsp3) is 0.250. The monoisotopic (exact) mass is 163 g/mol. The van der Waals surface area contributed by atoms with Crippen LogP contribution in [0.1, 0.15) is 0 Å². The molecule has 56 valence electrons. The van der Waals surface area contributed by atoms with Crippen molar-refractivity contribution >= 4 is 27.9 Å². The lowest BCUT2D eigenvalue weighted by atomic mass is 10.6. The Hall–Kier alpha value is -1.17. The highest BCUT2D eigenvalue weighted by Gasteiger charge is 1.91. The SMILES string of the molecule is O=CC(=O)NCC=S(=O)=O. The molecule has 0 bridgehead atoms. The molecule has 0 atom stereocenters. The number of hydrogen-bond acceptors (Lipinski definition) is 4. The average molecular weight is 163 g/mol. The van der Waals surface area contributed by atoms with Crippen LogP contribution in [0.3, 0.4) is 0 Å². The van der Waals surface area contributed by atoms with Crippen molar-refractivity contribution in [3.63, 3.8) is 0 Å². The first-order valence-corrected chi connectivity index (χ1v) is 3.45. The maximum Gasteiger partial charge on any atom is 0.284 e. The van der Waals surface area contributed by atoms with Crippen molar-refractivity contribution in [3.05, 3.63) is 0 Å². The number of nitrogens with one attached hydrogen (secondary N) is 1. The Balaban J connectivity index is 3.67. The second-order valence-corrected chi connectivity index (χ2v) is 2.14. The van der Waals surface area contributed by atoms with Gasteiger partial charge in [0.1, 0.15) is 0 Å². The molecule has 0 unspecified atom stereocenters. The van der Waals surface area contributed by atoms with Crippen molar-refractivity contribution in [2.45, 2.75) is 0 Å². The Labute approximate surface area is 58.6 Å². The van der Waals surface area contributed by atoms with Gasteiger partial charge in [-0.3, -0.25) is 9.59 Å². The van der Waals surface area contributed by atoms with Crippen LogP contribution in [0.15, 0.2) is 0 Å². The second-order valence-electron chi connectivity index (χ2n) is 1.29. The van der Waals surface area contributed by atoms with Crippen molar-refractivity contribution in [2.75, 3.05) is 6.54 Å². The minimum atomic E-state index is -2.29. The molecular formula is C4H5NO4S. The van der Waals surface area contributed by atoms with Crippen LogP contribution in [0.25, 0.3) is 0 Å². The van der Waals surface area contributed by atoms with Crippen LogP contribution in [0.2, 0.25) is 0 Å². The van der Waals surface area contributed by atoms with Crippen molar-refractivity contribution in [1.82, 2.24) is 5.32 Å². The van der Waals surface area contributed by atoms with E-state index in [1.54, 1.807) is 0 Å². The number of carbonyl (C=O) groups is 2. The summed E-state index contributed by atoms with van der Waals surface area (Å²) in [5, 5.41) is 2.84. The quantitative estimate of drug-likeness (QED) is 0.296. The van der Waals surface area contributed by atoms with Crippen LogP contribution in [-0.4, -0.2) is 32.5 Å². The van der Waals surface area contributed by atoms with Crippen LogP contribution in [0, 0.1) is 0 Å². The van der Waals surface area contributed by atoms with Gasteiger partial charge in [0.15, 0.2) is 0 Å². The van der Waals surface area contributed by atoms with E-state index >= 15 is 0 Å². The van der Waals surface area contributed by atoms with E-state index in [9.17, 15) is 18.0 Å². The van der Waals surface area contributed by atoms with E-state index in [0.717, 1.165) is 5.37 Å². The molecule has 0 saturated carbocycles. The summed E-state index contributed by atoms with van der Waals surface area (Å²) in [7, 11) is -2.29. The van der Waals surface area contributed by atoms with Crippen molar-refractivity contribution < 1.29 is 18.0 Å². The summed E-state index contributed by atoms with van der Waals surface area (Å²) >= 11 is 0. The topological polar surface area (TPSA) is 80.3 Å². The maximum absolute atomic E-state index is 10.1. The third kappa shape index (κ3) is 4.98. The molecule has 0 heterocycles. The first-order valence-electron chi connectivity index (χ1n) is 2.31. The Morgan fingerprint density at radius 2 is 2.10 bits per heavy atom. The molecular weight excluding hydrogens is 158 g/mol. The molecule has 0 aliphatic rings. The van der Waals surface area contributed by atoms with E-state index in [4.69, 9.17) is 0 Å². The van der Waals surface area contributed by atoms with Crippen molar-refractivity contribution in [1.29, 1.82) is 0 Å². The molecule has 0 fully saturated rings. The van der Waals surface area contributed by atoms with E-state index in [1.165, 1.54) is 0 Å². The minimum absolute atomic E-state index is 0.0710. The highest BCUT2D eigenvalue weighted by atomic mass is 32.2. The predicted molar refractivity (Wildman–Crippen MR) is 34.1 cm³/mol. The van der Waals surface area contributed by atoms with Crippen LogP contribution < -0.4 is 5.32 Å². The Bertz CT molecular complexity index is 244. The van der Waals surface area contributed by atoms with Gasteiger partial charge in [-0.1, -0.05) is 0 Å². The number of amides is 1. The summed E-state index contributed by atoms with van der Waals surface area (Å²) in [5.41, 5.74) is 0. The zero-order valence-corrected chi connectivity index (χ0v) is 5.72. The molecule has 0 saturated heterocycles. The fourth-order valence-electron chi connectivity index (χ4n) is 0.252. The summed E-state index contributed by atoms with van der Waals surface area (Å²) in [6, 6.07) is 0. The molecule has 1 amide bonds. The number of aldehydes is 1. The van der Waals surface area contributed by atoms with Gasteiger partial charge in [-0.15, -0.1) is 0 Å². The minimum Gasteiger partial charge on any atom is -0.345 e. The van der Waals surface area contributed by atoms with Crippen LogP contribution in [-0.2, 0) is 19.9 Å². The second kappa shape index (κ2) is 4.68. The highest BCUT2D eigenvalue weighted by Crippen LogP contribution is 1.53. The summed E-state index contributed by atoms with van der Waals surface area (Å²) in [6.07, 6.45) is 0.0710. The molecule has 0 aromatic rings. The lowest BCUT2D eigenvalue weighted by molar-refractivity contribution is -0.131. The number of carbonyl (C=O) groups excluding carboxylic acids is 2. The van der Waals surface area contributed by atoms with Gasteiger partial charge in [0.2, 0.25) is 16.6 Å². The van der Waals surface area contributed by atoms with Gasteiger partial charge in [0.05, 0.1) is 11.9 Å². The first kappa shape index (κ1) is 8.83. The van der Waals surface area contributed by atoms with Crippen LogP contribution >= 0.6 is 0 Å². The van der Waals surface area contributed by atoms with Crippen molar-refractivity contribution in [2.24, 2.45) is 0 Å². The third-order valence-electron chi connectivity index (χ3n) is 0.603. The highest BCUT2D eigenvalue weighted by molar-refractivity contribution is 7.71. The molecule has 0 aliphatic carbocycles. The van der Waals surface area contributed by atoms with E-state index in [2.05, 4.69) is 0 Å². The number of hydrogen-bond donors (Lipinski definition) is 1. The average Bonchev–Trinajstić information content (AvgIpc) is 1.87. The molecule has 5 nitrogen and oxygen atoms in total. The van der Waals surface area contributed by atoms with Gasteiger partial charge in [0.25, 0.3) is 5.91 Å². The normalized spacial score (nSPS) is 8.00. The van der Waals surface area contributed by atoms with Gasteiger partial charge >= 0.3 is 0 Å². The summed E-state index contributed by atoms with van der Waals surface area (Å²) in [5.74, 6) is -0.832. The Morgan fingerprint density at radius 3 is 2.50 bits per heavy atom. The van der Waals surface area contributed by atoms with E-state index in [-0.39, 0.29) is 12.8 Å². The predicted octanol–water partition coefficient (Wildman–Crippen LogP) is -2.02. The lowest BCUT2D eigenvalue weighted by Gasteiger charge is -1.88. The smallest absolute Gasteiger partial charge is 0.284 e. The van der Waals surface area contributed by atoms with E-state index in [1.807, 2.05) is 5.32 Å². The Morgan fingerprint density at radius 1 is 1.50 bits per heavy atom. The van der Waals surface area contributed by atoms with Crippen LogP contribution in [0.4, 0.5) is 0 Å². The molecule has 0 aromatic heterocycles. The summed E-state index contributed by atoms with van der Waals surface area (Å²) in [4.78, 5) is 19.7. The molecule has 1 N–H and O–H groups in total. The summed E-state index contributed by atoms with van der Waals surface area (Å²) in [6.45, 7) is -0.145. The molecule has 0 radical (unpaired) electrons. The van der Waals surface area contributed by atoms with Gasteiger partial charge in [-0.25, -0.2) is 0 Å². The lowest BCUT2D eigenvalue weighted by Crippen LogP contribution is -2.25. The number of rotatable bonds is 3. The molecule has 6 heteroatoms.